The van der Waals surface area contributed by atoms with Crippen molar-refractivity contribution >= 4 is 22.7 Å². The van der Waals surface area contributed by atoms with E-state index in [1.165, 1.54) is 12.8 Å². The number of carbonyl (C=O) groups excluding carboxylic acids is 1. The van der Waals surface area contributed by atoms with Gasteiger partial charge in [-0.1, -0.05) is 51.7 Å². The van der Waals surface area contributed by atoms with Gasteiger partial charge in [-0.05, 0) is 55.5 Å². The monoisotopic (exact) mass is 461 g/mol. The van der Waals surface area contributed by atoms with E-state index < -0.39 is 0 Å². The van der Waals surface area contributed by atoms with E-state index in [9.17, 15) is 4.79 Å². The minimum Gasteiger partial charge on any atom is -0.479 e. The Morgan fingerprint density at radius 1 is 1.24 bits per heavy atom. The van der Waals surface area contributed by atoms with Crippen LogP contribution in [0.2, 0.25) is 0 Å². The molecule has 0 bridgehead atoms. The van der Waals surface area contributed by atoms with E-state index in [1.54, 1.807) is 12.1 Å². The molecule has 2 atom stereocenters. The Labute approximate surface area is 202 Å². The van der Waals surface area contributed by atoms with Crippen molar-refractivity contribution in [2.24, 2.45) is 5.92 Å². The van der Waals surface area contributed by atoms with Crippen LogP contribution < -0.4 is 10.5 Å². The number of anilines is 1. The molecule has 2 aromatic carbocycles. The normalized spacial score (nSPS) is 17.4. The lowest BCUT2D eigenvalue weighted by atomic mass is 9.89. The average molecular weight is 462 g/mol. The van der Waals surface area contributed by atoms with Crippen molar-refractivity contribution in [3.05, 3.63) is 42.5 Å². The van der Waals surface area contributed by atoms with Crippen LogP contribution in [0.15, 0.2) is 42.5 Å². The van der Waals surface area contributed by atoms with Crippen molar-refractivity contribution in [3.63, 3.8) is 0 Å². The second-order valence-corrected chi connectivity index (χ2v) is 8.85. The highest BCUT2D eigenvalue weighted by Gasteiger charge is 2.23. The van der Waals surface area contributed by atoms with Crippen LogP contribution in [0.1, 0.15) is 52.9 Å². The highest BCUT2D eigenvalue weighted by Crippen LogP contribution is 2.31. The molecule has 1 aliphatic carbocycles. The average Bonchev–Trinajstić information content (AvgIpc) is 3.17. The van der Waals surface area contributed by atoms with Gasteiger partial charge in [0.1, 0.15) is 30.8 Å². The van der Waals surface area contributed by atoms with Gasteiger partial charge in [0.15, 0.2) is 0 Å². The molecule has 34 heavy (non-hydrogen) atoms. The van der Waals surface area contributed by atoms with E-state index in [4.69, 9.17) is 26.6 Å². The molecule has 2 N–H and O–H groups in total. The molecule has 3 aromatic rings. The fourth-order valence-electron chi connectivity index (χ4n) is 4.23. The fraction of sp³-hybridized carbons (Fsp3) is 0.429. The number of hydrogen-bond acceptors (Lipinski definition) is 5. The Bertz CT molecular complexity index is 1150. The van der Waals surface area contributed by atoms with E-state index in [1.807, 2.05) is 34.9 Å². The molecular formula is C28H35N3O3. The molecule has 0 amide bonds. The number of nitrogens with two attached hydrogens (primary N) is 1. The standard InChI is InChI=1S/C25H27N3O3.C3H8/c1-3-13-30-23-12-11-18(15-20(23)26)25-27-21-9-4-5-10-22(21)28(25)16-24(29)31-19-8-6-7-17(2)14-19;1-3-2/h1,4-5,9-12,15,17,19H,6-8,13-14,16,26H2,2H3;3H2,1-2H3/t17?,19-;/m0./s1. The van der Waals surface area contributed by atoms with Gasteiger partial charge in [-0.25, -0.2) is 4.98 Å². The first kappa shape index (κ1) is 25.2. The van der Waals surface area contributed by atoms with Gasteiger partial charge < -0.3 is 19.8 Å². The van der Waals surface area contributed by atoms with Crippen LogP contribution in [0.3, 0.4) is 0 Å². The van der Waals surface area contributed by atoms with Crippen molar-refractivity contribution in [1.82, 2.24) is 9.55 Å². The van der Waals surface area contributed by atoms with Crippen LogP contribution in [-0.2, 0) is 16.1 Å². The minimum absolute atomic E-state index is 0.00211. The summed E-state index contributed by atoms with van der Waals surface area (Å²) < 4.78 is 13.2. The van der Waals surface area contributed by atoms with Gasteiger partial charge >= 0.3 is 5.97 Å². The molecule has 180 valence electrons. The van der Waals surface area contributed by atoms with Gasteiger partial charge in [0.2, 0.25) is 0 Å². The number of para-hydroxylation sites is 2. The molecule has 0 spiro atoms. The molecule has 6 nitrogen and oxygen atoms in total. The summed E-state index contributed by atoms with van der Waals surface area (Å²) in [5.41, 5.74) is 9.10. The van der Waals surface area contributed by atoms with Crippen LogP contribution >= 0.6 is 0 Å². The zero-order valence-corrected chi connectivity index (χ0v) is 20.4. The molecule has 1 aliphatic rings. The second-order valence-electron chi connectivity index (χ2n) is 8.85. The van der Waals surface area contributed by atoms with Gasteiger partial charge in [-0.15, -0.1) is 6.42 Å². The molecule has 0 saturated heterocycles. The van der Waals surface area contributed by atoms with Crippen molar-refractivity contribution in [3.8, 4) is 29.5 Å². The molecule has 1 saturated carbocycles. The minimum atomic E-state index is -0.245. The number of aromatic nitrogens is 2. The van der Waals surface area contributed by atoms with E-state index in [0.29, 0.717) is 23.2 Å². The maximum absolute atomic E-state index is 12.8. The Hall–Kier alpha value is -3.46. The molecule has 1 fully saturated rings. The number of ether oxygens (including phenoxy) is 2. The quantitative estimate of drug-likeness (QED) is 0.284. The van der Waals surface area contributed by atoms with Crippen LogP contribution in [-0.4, -0.2) is 28.2 Å². The van der Waals surface area contributed by atoms with Crippen molar-refractivity contribution in [1.29, 1.82) is 0 Å². The smallest absolute Gasteiger partial charge is 0.326 e. The molecule has 6 heteroatoms. The highest BCUT2D eigenvalue weighted by atomic mass is 16.5. The number of carbonyl (C=O) groups is 1. The number of imidazole rings is 1. The van der Waals surface area contributed by atoms with Crippen molar-refractivity contribution in [2.75, 3.05) is 12.3 Å². The van der Waals surface area contributed by atoms with Crippen LogP contribution in [0.25, 0.3) is 22.4 Å². The number of rotatable bonds is 6. The molecule has 0 aliphatic heterocycles. The third-order valence-electron chi connectivity index (χ3n) is 5.71. The van der Waals surface area contributed by atoms with Gasteiger partial charge in [-0.2, -0.15) is 0 Å². The van der Waals surface area contributed by atoms with Crippen LogP contribution in [0, 0.1) is 18.3 Å². The summed E-state index contributed by atoms with van der Waals surface area (Å²) in [6.45, 7) is 6.70. The number of nitrogens with zero attached hydrogens (tertiary/aromatic N) is 2. The van der Waals surface area contributed by atoms with E-state index >= 15 is 0 Å². The van der Waals surface area contributed by atoms with Gasteiger partial charge in [-0.3, -0.25) is 4.79 Å². The van der Waals surface area contributed by atoms with E-state index in [-0.39, 0.29) is 25.2 Å². The topological polar surface area (TPSA) is 79.4 Å². The Morgan fingerprint density at radius 3 is 2.71 bits per heavy atom. The summed E-state index contributed by atoms with van der Waals surface area (Å²) in [5, 5.41) is 0. The lowest BCUT2D eigenvalue weighted by Crippen LogP contribution is -2.26. The summed E-state index contributed by atoms with van der Waals surface area (Å²) in [7, 11) is 0. The molecule has 1 heterocycles. The number of hydrogen-bond donors (Lipinski definition) is 1. The summed E-state index contributed by atoms with van der Waals surface area (Å²) in [6.07, 6.45) is 10.7. The van der Waals surface area contributed by atoms with Crippen LogP contribution in [0.5, 0.6) is 5.75 Å². The number of benzene rings is 2. The Morgan fingerprint density at radius 2 is 2.00 bits per heavy atom. The van der Waals surface area contributed by atoms with E-state index in [0.717, 1.165) is 35.9 Å². The maximum Gasteiger partial charge on any atom is 0.326 e. The van der Waals surface area contributed by atoms with Gasteiger partial charge in [0.05, 0.1) is 16.7 Å². The summed E-state index contributed by atoms with van der Waals surface area (Å²) >= 11 is 0. The van der Waals surface area contributed by atoms with Crippen LogP contribution in [0.4, 0.5) is 5.69 Å². The predicted octanol–water partition coefficient (Wildman–Crippen LogP) is 5.84. The summed E-state index contributed by atoms with van der Waals surface area (Å²) in [4.78, 5) is 17.6. The Kier molecular flexibility index (Phi) is 8.98. The van der Waals surface area contributed by atoms with Gasteiger partial charge in [0, 0.05) is 5.56 Å². The third kappa shape index (κ3) is 6.32. The van der Waals surface area contributed by atoms with Crippen molar-refractivity contribution in [2.45, 2.75) is 65.5 Å². The largest absolute Gasteiger partial charge is 0.479 e. The lowest BCUT2D eigenvalue weighted by molar-refractivity contribution is -0.151. The van der Waals surface area contributed by atoms with Gasteiger partial charge in [0.25, 0.3) is 0 Å². The SMILES string of the molecule is C#CCOc1ccc(-c2nc3ccccc3n2CC(=O)O[C@H]2CCCC(C)C2)cc1N.CCC. The maximum atomic E-state index is 12.8. The molecule has 0 radical (unpaired) electrons. The first-order chi connectivity index (χ1) is 16.5. The second kappa shape index (κ2) is 12.1. The third-order valence-corrected chi connectivity index (χ3v) is 5.71. The first-order valence-corrected chi connectivity index (χ1v) is 12.1. The zero-order valence-electron chi connectivity index (χ0n) is 20.4. The first-order valence-electron chi connectivity index (χ1n) is 12.1. The molecule has 1 unspecified atom stereocenters. The van der Waals surface area contributed by atoms with E-state index in [2.05, 4.69) is 26.7 Å². The van der Waals surface area contributed by atoms with Crippen molar-refractivity contribution < 1.29 is 14.3 Å². The summed E-state index contributed by atoms with van der Waals surface area (Å²) in [6, 6.07) is 13.2. The predicted molar refractivity (Wildman–Crippen MR) is 137 cm³/mol. The number of esters is 1. The molecule has 4 rings (SSSR count). The molecule has 1 aromatic heterocycles. The summed E-state index contributed by atoms with van der Waals surface area (Å²) in [5.74, 6) is 3.96. The Balaban J connectivity index is 0.00000103. The lowest BCUT2D eigenvalue weighted by Gasteiger charge is -2.26. The zero-order chi connectivity index (χ0) is 24.5. The highest BCUT2D eigenvalue weighted by molar-refractivity contribution is 5.84. The number of terminal acetylenes is 1. The number of nitrogen functional groups attached to an aromatic ring is 1. The number of fused-ring (bicyclic) bond motifs is 1. The fourth-order valence-corrected chi connectivity index (χ4v) is 4.23. The molecular weight excluding hydrogens is 426 g/mol.